The van der Waals surface area contributed by atoms with Crippen LogP contribution in [-0.4, -0.2) is 25.0 Å². The van der Waals surface area contributed by atoms with Gasteiger partial charge in [0.15, 0.2) is 0 Å². The van der Waals surface area contributed by atoms with Crippen molar-refractivity contribution in [2.24, 2.45) is 0 Å². The first kappa shape index (κ1) is 14.4. The summed E-state index contributed by atoms with van der Waals surface area (Å²) in [6.45, 7) is 2.10. The average Bonchev–Trinajstić information content (AvgIpc) is 2.26. The van der Waals surface area contributed by atoms with E-state index in [9.17, 15) is 13.2 Å². The number of nitrogens with zero attached hydrogens (tertiary/aromatic N) is 1. The normalized spacial score (nSPS) is 20.2. The molecule has 0 bridgehead atoms. The smallest absolute Gasteiger partial charge is 0.306 e. The van der Waals surface area contributed by atoms with Crippen molar-refractivity contribution in [1.29, 1.82) is 0 Å². The third kappa shape index (κ3) is 2.50. The summed E-state index contributed by atoms with van der Waals surface area (Å²) < 4.78 is 38.5. The Labute approximate surface area is 112 Å². The summed E-state index contributed by atoms with van der Waals surface area (Å²) in [6, 6.07) is 6.09. The molecule has 0 saturated heterocycles. The summed E-state index contributed by atoms with van der Waals surface area (Å²) in [4.78, 5) is 2.10. The minimum Gasteiger partial charge on any atom is -0.306 e. The van der Waals surface area contributed by atoms with E-state index in [2.05, 4.69) is 11.8 Å². The summed E-state index contributed by atoms with van der Waals surface area (Å²) in [5.74, 6) is 0. The minimum atomic E-state index is -4.26. The zero-order chi connectivity index (χ0) is 14.3. The first-order chi connectivity index (χ1) is 8.77. The van der Waals surface area contributed by atoms with E-state index in [4.69, 9.17) is 0 Å². The molecule has 2 rings (SSSR count). The topological polar surface area (TPSA) is 3.24 Å². The molecule has 0 heterocycles. The molecule has 19 heavy (non-hydrogen) atoms. The third-order valence-corrected chi connectivity index (χ3v) is 4.58. The van der Waals surface area contributed by atoms with Crippen LogP contribution in [-0.2, 0) is 11.6 Å². The Morgan fingerprint density at radius 2 is 1.84 bits per heavy atom. The first-order valence-electron chi connectivity index (χ1n) is 6.61. The lowest BCUT2D eigenvalue weighted by molar-refractivity contribution is -0.137. The van der Waals surface area contributed by atoms with E-state index in [1.807, 2.05) is 20.2 Å². The number of rotatable bonds is 3. The summed E-state index contributed by atoms with van der Waals surface area (Å²) in [5.41, 5.74) is 0.169. The highest BCUT2D eigenvalue weighted by atomic mass is 19.4. The molecule has 1 aromatic rings. The molecule has 1 aromatic carbocycles. The fraction of sp³-hybridized carbons (Fsp3) is 0.600. The molecule has 0 spiro atoms. The van der Waals surface area contributed by atoms with Gasteiger partial charge in [-0.25, -0.2) is 0 Å². The van der Waals surface area contributed by atoms with Crippen molar-refractivity contribution in [3.8, 4) is 0 Å². The molecule has 0 N–H and O–H groups in total. The maximum Gasteiger partial charge on any atom is 0.416 e. The summed E-state index contributed by atoms with van der Waals surface area (Å²) in [6.07, 6.45) is -1.24. The second-order valence-corrected chi connectivity index (χ2v) is 5.73. The van der Waals surface area contributed by atoms with Crippen molar-refractivity contribution in [1.82, 2.24) is 4.90 Å². The van der Waals surface area contributed by atoms with Crippen molar-refractivity contribution in [2.45, 2.75) is 43.8 Å². The average molecular weight is 271 g/mol. The maximum absolute atomic E-state index is 12.8. The zero-order valence-electron chi connectivity index (χ0n) is 11.6. The van der Waals surface area contributed by atoms with Crippen LogP contribution in [0, 0.1) is 0 Å². The largest absolute Gasteiger partial charge is 0.416 e. The van der Waals surface area contributed by atoms with Gasteiger partial charge in [-0.1, -0.05) is 24.6 Å². The standard InChI is InChI=1S/C15H20F3N/c1-11(19(2)3)14(8-5-9-14)12-6-4-7-13(10-12)15(16,17)18/h4,6-7,10-11H,5,8-9H2,1-3H3. The Bertz CT molecular complexity index is 447. The molecule has 0 aromatic heterocycles. The van der Waals surface area contributed by atoms with Gasteiger partial charge >= 0.3 is 6.18 Å². The van der Waals surface area contributed by atoms with Crippen molar-refractivity contribution >= 4 is 0 Å². The van der Waals surface area contributed by atoms with Gasteiger partial charge in [-0.3, -0.25) is 0 Å². The van der Waals surface area contributed by atoms with Gasteiger partial charge in [0.2, 0.25) is 0 Å². The molecule has 1 aliphatic rings. The van der Waals surface area contributed by atoms with Crippen LogP contribution in [0.5, 0.6) is 0 Å². The fourth-order valence-corrected chi connectivity index (χ4v) is 3.00. The number of alkyl halides is 3. The molecular weight excluding hydrogens is 251 g/mol. The lowest BCUT2D eigenvalue weighted by Crippen LogP contribution is -2.50. The molecule has 1 fully saturated rings. The van der Waals surface area contributed by atoms with Gasteiger partial charge in [0.25, 0.3) is 0 Å². The van der Waals surface area contributed by atoms with Crippen LogP contribution in [0.3, 0.4) is 0 Å². The summed E-state index contributed by atoms with van der Waals surface area (Å²) in [5, 5.41) is 0. The van der Waals surface area contributed by atoms with Gasteiger partial charge in [-0.2, -0.15) is 13.2 Å². The Kier molecular flexibility index (Phi) is 3.65. The van der Waals surface area contributed by atoms with E-state index in [-0.39, 0.29) is 11.5 Å². The van der Waals surface area contributed by atoms with E-state index >= 15 is 0 Å². The zero-order valence-corrected chi connectivity index (χ0v) is 11.6. The molecule has 4 heteroatoms. The molecule has 1 atom stereocenters. The van der Waals surface area contributed by atoms with Gasteiger partial charge in [0, 0.05) is 11.5 Å². The SMILES string of the molecule is CC(N(C)C)C1(c2cccc(C(F)(F)F)c2)CCC1. The molecule has 0 amide bonds. The summed E-state index contributed by atoms with van der Waals surface area (Å²) in [7, 11) is 3.97. The number of hydrogen-bond acceptors (Lipinski definition) is 1. The van der Waals surface area contributed by atoms with Crippen LogP contribution in [0.2, 0.25) is 0 Å². The van der Waals surface area contributed by atoms with Crippen LogP contribution in [0.4, 0.5) is 13.2 Å². The lowest BCUT2D eigenvalue weighted by atomic mass is 9.60. The molecule has 0 aliphatic heterocycles. The van der Waals surface area contributed by atoms with Crippen molar-refractivity contribution < 1.29 is 13.2 Å². The quantitative estimate of drug-likeness (QED) is 0.800. The Morgan fingerprint density at radius 3 is 2.26 bits per heavy atom. The Hall–Kier alpha value is -1.03. The number of halogens is 3. The molecular formula is C15H20F3N. The Balaban J connectivity index is 2.40. The summed E-state index contributed by atoms with van der Waals surface area (Å²) >= 11 is 0. The molecule has 1 aliphatic carbocycles. The molecule has 1 unspecified atom stereocenters. The van der Waals surface area contributed by atoms with Gasteiger partial charge in [-0.15, -0.1) is 0 Å². The van der Waals surface area contributed by atoms with Crippen molar-refractivity contribution in [3.05, 3.63) is 35.4 Å². The predicted molar refractivity (Wildman–Crippen MR) is 70.1 cm³/mol. The van der Waals surface area contributed by atoms with Crippen LogP contribution in [0.1, 0.15) is 37.3 Å². The van der Waals surface area contributed by atoms with Crippen LogP contribution >= 0.6 is 0 Å². The van der Waals surface area contributed by atoms with E-state index in [0.717, 1.165) is 30.9 Å². The monoisotopic (exact) mass is 271 g/mol. The van der Waals surface area contributed by atoms with Crippen molar-refractivity contribution in [3.63, 3.8) is 0 Å². The Morgan fingerprint density at radius 1 is 1.21 bits per heavy atom. The van der Waals surface area contributed by atoms with E-state index in [0.29, 0.717) is 0 Å². The first-order valence-corrected chi connectivity index (χ1v) is 6.61. The van der Waals surface area contributed by atoms with Gasteiger partial charge in [-0.05, 0) is 45.5 Å². The molecule has 1 saturated carbocycles. The highest BCUT2D eigenvalue weighted by Crippen LogP contribution is 2.48. The highest BCUT2D eigenvalue weighted by Gasteiger charge is 2.45. The molecule has 106 valence electrons. The van der Waals surface area contributed by atoms with E-state index in [1.54, 1.807) is 0 Å². The highest BCUT2D eigenvalue weighted by molar-refractivity contribution is 5.35. The second-order valence-electron chi connectivity index (χ2n) is 5.73. The fourth-order valence-electron chi connectivity index (χ4n) is 3.00. The predicted octanol–water partition coefficient (Wildman–Crippen LogP) is 4.08. The van der Waals surface area contributed by atoms with E-state index in [1.165, 1.54) is 12.1 Å². The van der Waals surface area contributed by atoms with E-state index < -0.39 is 11.7 Å². The van der Waals surface area contributed by atoms with Gasteiger partial charge in [0.1, 0.15) is 0 Å². The lowest BCUT2D eigenvalue weighted by Gasteiger charge is -2.49. The molecule has 0 radical (unpaired) electrons. The third-order valence-electron chi connectivity index (χ3n) is 4.58. The molecule has 1 nitrogen and oxygen atoms in total. The second kappa shape index (κ2) is 4.82. The van der Waals surface area contributed by atoms with Crippen LogP contribution in [0.25, 0.3) is 0 Å². The number of likely N-dealkylation sites (N-methyl/N-ethyl adjacent to an activating group) is 1. The van der Waals surface area contributed by atoms with Crippen LogP contribution in [0.15, 0.2) is 24.3 Å². The van der Waals surface area contributed by atoms with Gasteiger partial charge in [0.05, 0.1) is 5.56 Å². The minimum absolute atomic E-state index is 0.120. The number of hydrogen-bond donors (Lipinski definition) is 0. The van der Waals surface area contributed by atoms with Crippen molar-refractivity contribution in [2.75, 3.05) is 14.1 Å². The maximum atomic E-state index is 12.8. The van der Waals surface area contributed by atoms with Gasteiger partial charge < -0.3 is 4.90 Å². The number of benzene rings is 1. The van der Waals surface area contributed by atoms with Crippen LogP contribution < -0.4 is 0 Å².